The highest BCUT2D eigenvalue weighted by atomic mass is 35.5. The third-order valence-corrected chi connectivity index (χ3v) is 5.19. The SMILES string of the molecule is CCN(Cc1ccc(C(=O)Nc2ccc3c(c2F)CCNC3)cc1)C(C)C.Cl.Cl. The van der Waals surface area contributed by atoms with E-state index in [-0.39, 0.29) is 42.2 Å². The number of anilines is 1. The lowest BCUT2D eigenvalue weighted by Gasteiger charge is -2.24. The van der Waals surface area contributed by atoms with Crippen LogP contribution in [0.4, 0.5) is 10.1 Å². The Morgan fingerprint density at radius 2 is 1.86 bits per heavy atom. The summed E-state index contributed by atoms with van der Waals surface area (Å²) in [4.78, 5) is 14.9. The summed E-state index contributed by atoms with van der Waals surface area (Å²) in [5.74, 6) is -0.597. The molecular formula is C22H30Cl2FN3O. The van der Waals surface area contributed by atoms with Crippen LogP contribution < -0.4 is 10.6 Å². The van der Waals surface area contributed by atoms with E-state index in [0.29, 0.717) is 30.1 Å². The second kappa shape index (κ2) is 11.5. The van der Waals surface area contributed by atoms with Gasteiger partial charge in [0.15, 0.2) is 0 Å². The predicted molar refractivity (Wildman–Crippen MR) is 122 cm³/mol. The van der Waals surface area contributed by atoms with Crippen LogP contribution in [0, 0.1) is 5.82 Å². The maximum atomic E-state index is 14.7. The number of nitrogens with zero attached hydrogens (tertiary/aromatic N) is 1. The van der Waals surface area contributed by atoms with E-state index in [1.54, 1.807) is 18.2 Å². The third kappa shape index (κ3) is 6.16. The van der Waals surface area contributed by atoms with Gasteiger partial charge in [-0.2, -0.15) is 0 Å². The lowest BCUT2D eigenvalue weighted by atomic mass is 9.99. The third-order valence-electron chi connectivity index (χ3n) is 5.19. The van der Waals surface area contributed by atoms with Crippen LogP contribution in [0.1, 0.15) is 47.8 Å². The predicted octanol–water partition coefficient (Wildman–Crippen LogP) is 4.80. The first kappa shape index (κ1) is 25.4. The van der Waals surface area contributed by atoms with Crippen LogP contribution in [0.25, 0.3) is 0 Å². The Labute approximate surface area is 185 Å². The molecule has 1 aliphatic heterocycles. The van der Waals surface area contributed by atoms with Gasteiger partial charge in [0.1, 0.15) is 5.82 Å². The molecule has 0 radical (unpaired) electrons. The first-order valence-corrected chi connectivity index (χ1v) is 9.65. The van der Waals surface area contributed by atoms with Gasteiger partial charge in [0.05, 0.1) is 5.69 Å². The number of hydrogen-bond acceptors (Lipinski definition) is 3. The Morgan fingerprint density at radius 3 is 2.48 bits per heavy atom. The molecule has 1 aliphatic rings. The lowest BCUT2D eigenvalue weighted by Crippen LogP contribution is -2.29. The fourth-order valence-electron chi connectivity index (χ4n) is 3.48. The van der Waals surface area contributed by atoms with E-state index < -0.39 is 0 Å². The summed E-state index contributed by atoms with van der Waals surface area (Å²) in [6, 6.07) is 11.5. The second-order valence-corrected chi connectivity index (χ2v) is 7.30. The molecule has 0 spiro atoms. The van der Waals surface area contributed by atoms with Crippen LogP contribution >= 0.6 is 24.8 Å². The standard InChI is InChI=1S/C22H28FN3O.2ClH/c1-4-26(15(2)3)14-16-5-7-17(8-6-16)22(27)25-20-10-9-18-13-24-12-11-19(18)21(20)23;;/h5-10,15,24H,4,11-14H2,1-3H3,(H,25,27);2*1H. The van der Waals surface area contributed by atoms with Crippen LogP contribution in [0.2, 0.25) is 0 Å². The first-order chi connectivity index (χ1) is 13.0. The number of fused-ring (bicyclic) bond motifs is 1. The number of carbonyl (C=O) groups excluding carboxylic acids is 1. The van der Waals surface area contributed by atoms with Gasteiger partial charge in [0, 0.05) is 24.7 Å². The molecule has 2 aromatic carbocycles. The van der Waals surface area contributed by atoms with Crippen LogP contribution in [0.5, 0.6) is 0 Å². The molecule has 0 aliphatic carbocycles. The minimum Gasteiger partial charge on any atom is -0.319 e. The van der Waals surface area contributed by atoms with Gasteiger partial charge in [-0.1, -0.05) is 25.1 Å². The summed E-state index contributed by atoms with van der Waals surface area (Å²) < 4.78 is 14.7. The van der Waals surface area contributed by atoms with Gasteiger partial charge in [-0.05, 0) is 68.2 Å². The van der Waals surface area contributed by atoms with Crippen LogP contribution in [-0.4, -0.2) is 29.9 Å². The highest BCUT2D eigenvalue weighted by Crippen LogP contribution is 2.25. The number of rotatable bonds is 6. The number of amides is 1. The van der Waals surface area contributed by atoms with Crippen molar-refractivity contribution in [1.82, 2.24) is 10.2 Å². The fourth-order valence-corrected chi connectivity index (χ4v) is 3.48. The zero-order valence-corrected chi connectivity index (χ0v) is 18.8. The number of halogens is 3. The van der Waals surface area contributed by atoms with Crippen molar-refractivity contribution in [3.8, 4) is 0 Å². The van der Waals surface area contributed by atoms with Crippen molar-refractivity contribution in [1.29, 1.82) is 0 Å². The van der Waals surface area contributed by atoms with Gasteiger partial charge in [0.25, 0.3) is 5.91 Å². The zero-order chi connectivity index (χ0) is 19.4. The summed E-state index contributed by atoms with van der Waals surface area (Å²) >= 11 is 0. The van der Waals surface area contributed by atoms with Crippen molar-refractivity contribution in [2.75, 3.05) is 18.4 Å². The average Bonchev–Trinajstić information content (AvgIpc) is 2.68. The van der Waals surface area contributed by atoms with Crippen molar-refractivity contribution in [2.45, 2.75) is 46.3 Å². The van der Waals surface area contributed by atoms with E-state index in [1.165, 1.54) is 0 Å². The molecule has 0 saturated carbocycles. The van der Waals surface area contributed by atoms with E-state index >= 15 is 0 Å². The van der Waals surface area contributed by atoms with Gasteiger partial charge in [-0.15, -0.1) is 24.8 Å². The number of carbonyl (C=O) groups is 1. The molecule has 1 amide bonds. The highest BCUT2D eigenvalue weighted by Gasteiger charge is 2.18. The van der Waals surface area contributed by atoms with Gasteiger partial charge in [-0.25, -0.2) is 4.39 Å². The van der Waals surface area contributed by atoms with Crippen molar-refractivity contribution >= 4 is 36.4 Å². The smallest absolute Gasteiger partial charge is 0.255 e. The maximum Gasteiger partial charge on any atom is 0.255 e. The number of benzene rings is 2. The maximum absolute atomic E-state index is 14.7. The zero-order valence-electron chi connectivity index (χ0n) is 17.1. The van der Waals surface area contributed by atoms with Crippen molar-refractivity contribution in [2.24, 2.45) is 0 Å². The second-order valence-electron chi connectivity index (χ2n) is 7.30. The molecule has 0 atom stereocenters. The van der Waals surface area contributed by atoms with Crippen LogP contribution in [0.15, 0.2) is 36.4 Å². The van der Waals surface area contributed by atoms with Gasteiger partial charge in [-0.3, -0.25) is 9.69 Å². The van der Waals surface area contributed by atoms with Crippen LogP contribution in [-0.2, 0) is 19.5 Å². The van der Waals surface area contributed by atoms with Crippen molar-refractivity contribution in [3.63, 3.8) is 0 Å². The topological polar surface area (TPSA) is 44.4 Å². The molecule has 2 N–H and O–H groups in total. The van der Waals surface area contributed by atoms with E-state index in [9.17, 15) is 9.18 Å². The highest BCUT2D eigenvalue weighted by molar-refractivity contribution is 6.04. The Kier molecular flexibility index (Phi) is 10.1. The Balaban J connectivity index is 0.00000210. The molecule has 160 valence electrons. The summed E-state index contributed by atoms with van der Waals surface area (Å²) in [7, 11) is 0. The molecule has 2 aromatic rings. The fraction of sp³-hybridized carbons (Fsp3) is 0.409. The molecule has 0 unspecified atom stereocenters. The number of nitrogens with one attached hydrogen (secondary N) is 2. The summed E-state index contributed by atoms with van der Waals surface area (Å²) in [6.07, 6.45) is 0.642. The monoisotopic (exact) mass is 441 g/mol. The minimum absolute atomic E-state index is 0. The molecular weight excluding hydrogens is 412 g/mol. The minimum atomic E-state index is -0.311. The normalized spacial score (nSPS) is 12.8. The van der Waals surface area contributed by atoms with Gasteiger partial charge in [0.2, 0.25) is 0 Å². The lowest BCUT2D eigenvalue weighted by molar-refractivity contribution is 0.102. The molecule has 3 rings (SSSR count). The van der Waals surface area contributed by atoms with Gasteiger partial charge < -0.3 is 10.6 Å². The Hall–Kier alpha value is -1.66. The van der Waals surface area contributed by atoms with E-state index in [4.69, 9.17) is 0 Å². The van der Waals surface area contributed by atoms with Crippen LogP contribution in [0.3, 0.4) is 0 Å². The summed E-state index contributed by atoms with van der Waals surface area (Å²) in [6.45, 7) is 9.76. The van der Waals surface area contributed by atoms with E-state index in [2.05, 4.69) is 36.3 Å². The van der Waals surface area contributed by atoms with Crippen molar-refractivity contribution in [3.05, 3.63) is 64.5 Å². The quantitative estimate of drug-likeness (QED) is 0.676. The summed E-state index contributed by atoms with van der Waals surface area (Å²) in [5, 5.41) is 5.95. The van der Waals surface area contributed by atoms with E-state index in [1.807, 2.05) is 18.2 Å². The molecule has 4 nitrogen and oxygen atoms in total. The molecule has 0 saturated heterocycles. The van der Waals surface area contributed by atoms with Gasteiger partial charge >= 0.3 is 0 Å². The average molecular weight is 442 g/mol. The largest absolute Gasteiger partial charge is 0.319 e. The molecule has 0 fully saturated rings. The summed E-state index contributed by atoms with van der Waals surface area (Å²) in [5.41, 5.74) is 3.61. The molecule has 29 heavy (non-hydrogen) atoms. The number of hydrogen-bond donors (Lipinski definition) is 2. The Morgan fingerprint density at radius 1 is 1.17 bits per heavy atom. The molecule has 1 heterocycles. The Bertz CT molecular complexity index is 812. The first-order valence-electron chi connectivity index (χ1n) is 9.65. The van der Waals surface area contributed by atoms with Crippen molar-refractivity contribution < 1.29 is 9.18 Å². The molecule has 0 bridgehead atoms. The molecule has 7 heteroatoms. The molecule has 0 aromatic heterocycles. The van der Waals surface area contributed by atoms with E-state index in [0.717, 1.165) is 30.8 Å².